The summed E-state index contributed by atoms with van der Waals surface area (Å²) >= 11 is 1.54. The van der Waals surface area contributed by atoms with Crippen LogP contribution in [0.5, 0.6) is 0 Å². The Morgan fingerprint density at radius 1 is 1.36 bits per heavy atom. The van der Waals surface area contributed by atoms with Crippen molar-refractivity contribution in [3.8, 4) is 0 Å². The molecule has 0 spiro atoms. The van der Waals surface area contributed by atoms with E-state index in [4.69, 9.17) is 4.74 Å². The van der Waals surface area contributed by atoms with Crippen molar-refractivity contribution in [2.24, 2.45) is 0 Å². The molecule has 124 valence electrons. The number of carbonyl (C=O) groups is 2. The van der Waals surface area contributed by atoms with Gasteiger partial charge in [0, 0.05) is 25.5 Å². The molecule has 3 amide bonds. The Hall–Kier alpha value is -1.83. The maximum atomic E-state index is 11.7. The largest absolute Gasteiger partial charge is 0.444 e. The SMILES string of the molecule is Cc1nc(CNC(=O)NCCN(C)C(=O)OC(C)(C)C)cs1. The number of likely N-dealkylation sites (N-methyl/N-ethyl adjacent to an activating group) is 1. The van der Waals surface area contributed by atoms with Crippen LogP contribution in [0.25, 0.3) is 0 Å². The first kappa shape index (κ1) is 18.2. The molecule has 0 saturated carbocycles. The second-order valence-electron chi connectivity index (χ2n) is 5.87. The van der Waals surface area contributed by atoms with Crippen molar-refractivity contribution < 1.29 is 14.3 Å². The topological polar surface area (TPSA) is 83.6 Å². The third kappa shape index (κ3) is 7.26. The van der Waals surface area contributed by atoms with Gasteiger partial charge in [0.05, 0.1) is 17.2 Å². The maximum Gasteiger partial charge on any atom is 0.410 e. The summed E-state index contributed by atoms with van der Waals surface area (Å²) in [4.78, 5) is 29.0. The van der Waals surface area contributed by atoms with Gasteiger partial charge in [0.25, 0.3) is 0 Å². The second kappa shape index (κ2) is 7.98. The summed E-state index contributed by atoms with van der Waals surface area (Å²) in [5, 5.41) is 8.27. The standard InChI is InChI=1S/C14H24N4O3S/c1-10-17-11(9-22-10)8-16-12(19)15-6-7-18(5)13(20)21-14(2,3)4/h9H,6-8H2,1-5H3,(H2,15,16,19). The van der Waals surface area contributed by atoms with Gasteiger partial charge in [-0.15, -0.1) is 11.3 Å². The molecule has 1 rings (SSSR count). The summed E-state index contributed by atoms with van der Waals surface area (Å²) in [5.41, 5.74) is 0.311. The maximum absolute atomic E-state index is 11.7. The Labute approximate surface area is 135 Å². The van der Waals surface area contributed by atoms with Crippen LogP contribution in [0.15, 0.2) is 5.38 Å². The number of aromatic nitrogens is 1. The van der Waals surface area contributed by atoms with E-state index in [-0.39, 0.29) is 6.03 Å². The molecule has 0 radical (unpaired) electrons. The molecular weight excluding hydrogens is 304 g/mol. The molecule has 2 N–H and O–H groups in total. The number of amides is 3. The highest BCUT2D eigenvalue weighted by Gasteiger charge is 2.19. The van der Waals surface area contributed by atoms with Crippen molar-refractivity contribution in [3.63, 3.8) is 0 Å². The molecule has 0 saturated heterocycles. The van der Waals surface area contributed by atoms with Crippen LogP contribution in [0.4, 0.5) is 9.59 Å². The van der Waals surface area contributed by atoms with Gasteiger partial charge >= 0.3 is 12.1 Å². The number of aryl methyl sites for hydroxylation is 1. The van der Waals surface area contributed by atoms with E-state index in [1.54, 1.807) is 18.4 Å². The summed E-state index contributed by atoms with van der Waals surface area (Å²) in [5.74, 6) is 0. The van der Waals surface area contributed by atoms with Crippen LogP contribution in [0.1, 0.15) is 31.5 Å². The summed E-state index contributed by atoms with van der Waals surface area (Å²) < 4.78 is 5.22. The number of nitrogens with zero attached hydrogens (tertiary/aromatic N) is 2. The molecule has 8 heteroatoms. The van der Waals surface area contributed by atoms with Crippen LogP contribution < -0.4 is 10.6 Å². The number of carbonyl (C=O) groups excluding carboxylic acids is 2. The minimum absolute atomic E-state index is 0.289. The Morgan fingerprint density at radius 3 is 2.59 bits per heavy atom. The quantitative estimate of drug-likeness (QED) is 0.867. The molecule has 7 nitrogen and oxygen atoms in total. The number of hydrogen-bond donors (Lipinski definition) is 2. The molecular formula is C14H24N4O3S. The lowest BCUT2D eigenvalue weighted by Gasteiger charge is -2.24. The van der Waals surface area contributed by atoms with Crippen LogP contribution in [-0.4, -0.2) is 47.7 Å². The smallest absolute Gasteiger partial charge is 0.410 e. The normalized spacial score (nSPS) is 11.0. The van der Waals surface area contributed by atoms with Gasteiger partial charge in [-0.25, -0.2) is 14.6 Å². The van der Waals surface area contributed by atoms with E-state index < -0.39 is 11.7 Å². The van der Waals surface area contributed by atoms with Crippen LogP contribution in [-0.2, 0) is 11.3 Å². The number of thiazole rings is 1. The van der Waals surface area contributed by atoms with Crippen molar-refractivity contribution in [1.29, 1.82) is 0 Å². The summed E-state index contributed by atoms with van der Waals surface area (Å²) in [6, 6.07) is -0.289. The number of urea groups is 1. The predicted octanol–water partition coefficient (Wildman–Crippen LogP) is 2.12. The molecule has 0 aliphatic carbocycles. The van der Waals surface area contributed by atoms with Gasteiger partial charge in [-0.2, -0.15) is 0 Å². The first-order chi connectivity index (χ1) is 10.2. The van der Waals surface area contributed by atoms with Gasteiger partial charge in [0.2, 0.25) is 0 Å². The molecule has 0 unspecified atom stereocenters. The summed E-state index contributed by atoms with van der Waals surface area (Å²) in [6.45, 7) is 8.45. The highest BCUT2D eigenvalue weighted by Crippen LogP contribution is 2.08. The molecule has 0 aromatic carbocycles. The van der Waals surface area contributed by atoms with Crippen molar-refractivity contribution in [2.45, 2.75) is 39.8 Å². The fraction of sp³-hybridized carbons (Fsp3) is 0.643. The molecule has 1 aromatic heterocycles. The number of nitrogens with one attached hydrogen (secondary N) is 2. The van der Waals surface area contributed by atoms with E-state index in [1.165, 1.54) is 4.90 Å². The van der Waals surface area contributed by atoms with Gasteiger partial charge < -0.3 is 20.3 Å². The van der Waals surface area contributed by atoms with Gasteiger partial charge in [-0.1, -0.05) is 0 Å². The molecule has 0 fully saturated rings. The number of rotatable bonds is 5. The zero-order valence-electron chi connectivity index (χ0n) is 13.7. The minimum Gasteiger partial charge on any atom is -0.444 e. The van der Waals surface area contributed by atoms with Gasteiger partial charge in [0.1, 0.15) is 5.60 Å². The van der Waals surface area contributed by atoms with Crippen LogP contribution in [0.2, 0.25) is 0 Å². The lowest BCUT2D eigenvalue weighted by atomic mass is 10.2. The van der Waals surface area contributed by atoms with Crippen molar-refractivity contribution >= 4 is 23.5 Å². The Morgan fingerprint density at radius 2 is 2.05 bits per heavy atom. The van der Waals surface area contributed by atoms with Gasteiger partial charge in [-0.05, 0) is 27.7 Å². The van der Waals surface area contributed by atoms with Crippen LogP contribution in [0.3, 0.4) is 0 Å². The highest BCUT2D eigenvalue weighted by atomic mass is 32.1. The van der Waals surface area contributed by atoms with Gasteiger partial charge in [0.15, 0.2) is 0 Å². The minimum atomic E-state index is -0.526. The molecule has 22 heavy (non-hydrogen) atoms. The van der Waals surface area contributed by atoms with Crippen LogP contribution >= 0.6 is 11.3 Å². The molecule has 0 atom stereocenters. The Kier molecular flexibility index (Phi) is 6.61. The molecule has 0 aliphatic heterocycles. The fourth-order valence-electron chi connectivity index (χ4n) is 1.49. The molecule has 1 heterocycles. The van der Waals surface area contributed by atoms with E-state index in [2.05, 4.69) is 15.6 Å². The number of hydrogen-bond acceptors (Lipinski definition) is 5. The first-order valence-corrected chi connectivity index (χ1v) is 7.92. The second-order valence-corrected chi connectivity index (χ2v) is 6.93. The van der Waals surface area contributed by atoms with E-state index in [1.807, 2.05) is 33.1 Å². The molecule has 1 aromatic rings. The average Bonchev–Trinajstić information content (AvgIpc) is 2.80. The predicted molar refractivity (Wildman–Crippen MR) is 86.0 cm³/mol. The Bertz CT molecular complexity index is 510. The number of ether oxygens (including phenoxy) is 1. The summed E-state index contributed by atoms with van der Waals surface area (Å²) in [6.07, 6.45) is -0.410. The van der Waals surface area contributed by atoms with Gasteiger partial charge in [-0.3, -0.25) is 0 Å². The zero-order valence-corrected chi connectivity index (χ0v) is 14.5. The lowest BCUT2D eigenvalue weighted by Crippen LogP contribution is -2.42. The van der Waals surface area contributed by atoms with E-state index in [0.717, 1.165) is 10.7 Å². The Balaban J connectivity index is 2.20. The van der Waals surface area contributed by atoms with Crippen molar-refractivity contribution in [1.82, 2.24) is 20.5 Å². The molecule has 0 aliphatic rings. The fourth-order valence-corrected chi connectivity index (χ4v) is 2.10. The highest BCUT2D eigenvalue weighted by molar-refractivity contribution is 7.09. The lowest BCUT2D eigenvalue weighted by molar-refractivity contribution is 0.0301. The third-order valence-corrected chi connectivity index (χ3v) is 3.36. The average molecular weight is 328 g/mol. The van der Waals surface area contributed by atoms with Crippen molar-refractivity contribution in [2.75, 3.05) is 20.1 Å². The van der Waals surface area contributed by atoms with E-state index in [0.29, 0.717) is 19.6 Å². The summed E-state index contributed by atoms with van der Waals surface area (Å²) in [7, 11) is 1.63. The third-order valence-electron chi connectivity index (χ3n) is 2.53. The van der Waals surface area contributed by atoms with E-state index >= 15 is 0 Å². The molecule has 0 bridgehead atoms. The van der Waals surface area contributed by atoms with Crippen molar-refractivity contribution in [3.05, 3.63) is 16.1 Å². The first-order valence-electron chi connectivity index (χ1n) is 7.04. The van der Waals surface area contributed by atoms with E-state index in [9.17, 15) is 9.59 Å². The van der Waals surface area contributed by atoms with Crippen LogP contribution in [0, 0.1) is 6.92 Å². The monoisotopic (exact) mass is 328 g/mol. The zero-order chi connectivity index (χ0) is 16.8.